The van der Waals surface area contributed by atoms with Gasteiger partial charge in [-0.25, -0.2) is 4.90 Å². The monoisotopic (exact) mass is 299 g/mol. The number of anilines is 1. The van der Waals surface area contributed by atoms with Gasteiger partial charge in [-0.1, -0.05) is 17.7 Å². The molecule has 1 aromatic carbocycles. The van der Waals surface area contributed by atoms with E-state index in [0.717, 1.165) is 5.57 Å². The number of amides is 2. The Morgan fingerprint density at radius 3 is 2.68 bits per heavy atom. The number of hydrogen-bond donors (Lipinski definition) is 0. The number of hydrogen-bond acceptors (Lipinski definition) is 4. The highest BCUT2D eigenvalue weighted by atomic mass is 16.5. The maximum atomic E-state index is 12.6. The average molecular weight is 299 g/mol. The van der Waals surface area contributed by atoms with E-state index in [-0.39, 0.29) is 23.7 Å². The fraction of sp³-hybridized carbons (Fsp3) is 0.353. The smallest absolute Gasteiger partial charge is 0.308 e. The van der Waals surface area contributed by atoms with E-state index in [1.54, 1.807) is 24.3 Å². The number of imide groups is 1. The average Bonchev–Trinajstić information content (AvgIpc) is 2.70. The van der Waals surface area contributed by atoms with E-state index >= 15 is 0 Å². The van der Waals surface area contributed by atoms with Gasteiger partial charge < -0.3 is 4.74 Å². The lowest BCUT2D eigenvalue weighted by molar-refractivity contribution is -0.132. The number of benzene rings is 1. The van der Waals surface area contributed by atoms with Crippen molar-refractivity contribution in [2.24, 2.45) is 11.8 Å². The quantitative estimate of drug-likeness (QED) is 0.364. The minimum Gasteiger partial charge on any atom is -0.427 e. The first kappa shape index (κ1) is 14.5. The number of carbonyl (C=O) groups is 3. The molecule has 0 N–H and O–H groups in total. The number of allylic oxidation sites excluding steroid dienone is 2. The van der Waals surface area contributed by atoms with Crippen LogP contribution >= 0.6 is 0 Å². The Morgan fingerprint density at radius 2 is 1.95 bits per heavy atom. The number of ether oxygens (including phenoxy) is 1. The first-order valence-electron chi connectivity index (χ1n) is 7.29. The van der Waals surface area contributed by atoms with Crippen LogP contribution in [-0.4, -0.2) is 17.8 Å². The third kappa shape index (κ3) is 2.43. The SMILES string of the molecule is CC(=O)Oc1cccc(N2C(=O)C3CC=C(C)CC3C2=O)c1. The van der Waals surface area contributed by atoms with Crippen molar-refractivity contribution in [3.05, 3.63) is 35.9 Å². The van der Waals surface area contributed by atoms with Gasteiger partial charge in [-0.2, -0.15) is 0 Å². The van der Waals surface area contributed by atoms with Crippen molar-refractivity contribution in [3.8, 4) is 5.75 Å². The zero-order valence-electron chi connectivity index (χ0n) is 12.5. The third-order valence-corrected chi connectivity index (χ3v) is 4.16. The molecule has 2 aliphatic rings. The summed E-state index contributed by atoms with van der Waals surface area (Å²) in [5.41, 5.74) is 1.61. The Bertz CT molecular complexity index is 692. The molecule has 1 aliphatic carbocycles. The highest BCUT2D eigenvalue weighted by molar-refractivity contribution is 6.22. The van der Waals surface area contributed by atoms with Gasteiger partial charge in [-0.05, 0) is 31.9 Å². The van der Waals surface area contributed by atoms with Crippen LogP contribution in [-0.2, 0) is 14.4 Å². The van der Waals surface area contributed by atoms with Gasteiger partial charge in [-0.3, -0.25) is 14.4 Å². The first-order chi connectivity index (χ1) is 10.5. The molecule has 3 rings (SSSR count). The van der Waals surface area contributed by atoms with Crippen LogP contribution in [0.25, 0.3) is 0 Å². The van der Waals surface area contributed by atoms with Crippen molar-refractivity contribution in [1.29, 1.82) is 0 Å². The Morgan fingerprint density at radius 1 is 1.23 bits per heavy atom. The van der Waals surface area contributed by atoms with Gasteiger partial charge in [0.05, 0.1) is 17.5 Å². The molecule has 0 saturated carbocycles. The van der Waals surface area contributed by atoms with Crippen molar-refractivity contribution < 1.29 is 19.1 Å². The Hall–Kier alpha value is -2.43. The van der Waals surface area contributed by atoms with Gasteiger partial charge in [0, 0.05) is 13.0 Å². The molecule has 2 unspecified atom stereocenters. The summed E-state index contributed by atoms with van der Waals surface area (Å²) in [4.78, 5) is 37.4. The van der Waals surface area contributed by atoms with E-state index in [9.17, 15) is 14.4 Å². The van der Waals surface area contributed by atoms with Crippen molar-refractivity contribution in [1.82, 2.24) is 0 Å². The number of nitrogens with zero attached hydrogens (tertiary/aromatic N) is 1. The predicted octanol–water partition coefficient (Wildman–Crippen LogP) is 2.46. The Kier molecular flexibility index (Phi) is 3.56. The molecule has 0 spiro atoms. The molecule has 2 atom stereocenters. The Balaban J connectivity index is 1.91. The first-order valence-corrected chi connectivity index (χ1v) is 7.29. The minimum absolute atomic E-state index is 0.164. The maximum Gasteiger partial charge on any atom is 0.308 e. The molecule has 0 bridgehead atoms. The summed E-state index contributed by atoms with van der Waals surface area (Å²) in [6, 6.07) is 6.52. The van der Waals surface area contributed by atoms with Crippen molar-refractivity contribution in [2.75, 3.05) is 4.90 Å². The van der Waals surface area contributed by atoms with Crippen LogP contribution in [0.5, 0.6) is 5.75 Å². The number of fused-ring (bicyclic) bond motifs is 1. The topological polar surface area (TPSA) is 63.7 Å². The second-order valence-electron chi connectivity index (χ2n) is 5.81. The lowest BCUT2D eigenvalue weighted by atomic mass is 9.82. The number of esters is 1. The highest BCUT2D eigenvalue weighted by Crippen LogP contribution is 2.40. The summed E-state index contributed by atoms with van der Waals surface area (Å²) in [5, 5.41) is 0. The third-order valence-electron chi connectivity index (χ3n) is 4.16. The van der Waals surface area contributed by atoms with Crippen LogP contribution in [0.2, 0.25) is 0 Å². The fourth-order valence-electron chi connectivity index (χ4n) is 3.14. The largest absolute Gasteiger partial charge is 0.427 e. The second kappa shape index (κ2) is 5.40. The zero-order valence-corrected chi connectivity index (χ0v) is 12.5. The van der Waals surface area contributed by atoms with Gasteiger partial charge in [0.15, 0.2) is 0 Å². The highest BCUT2D eigenvalue weighted by Gasteiger charge is 2.48. The van der Waals surface area contributed by atoms with E-state index in [2.05, 4.69) is 0 Å². The number of carbonyl (C=O) groups excluding carboxylic acids is 3. The molecule has 1 saturated heterocycles. The van der Waals surface area contributed by atoms with E-state index in [1.807, 2.05) is 13.0 Å². The Labute approximate surface area is 128 Å². The van der Waals surface area contributed by atoms with Crippen molar-refractivity contribution >= 4 is 23.5 Å². The molecule has 1 aliphatic heterocycles. The fourth-order valence-corrected chi connectivity index (χ4v) is 3.14. The van der Waals surface area contributed by atoms with E-state index in [4.69, 9.17) is 4.74 Å². The predicted molar refractivity (Wildman–Crippen MR) is 80.2 cm³/mol. The van der Waals surface area contributed by atoms with E-state index in [0.29, 0.717) is 24.3 Å². The zero-order chi connectivity index (χ0) is 15.9. The molecule has 22 heavy (non-hydrogen) atoms. The van der Waals surface area contributed by atoms with E-state index < -0.39 is 5.97 Å². The molecule has 5 heteroatoms. The van der Waals surface area contributed by atoms with Crippen LogP contribution in [0.15, 0.2) is 35.9 Å². The standard InChI is InChI=1S/C17H17NO4/c1-10-6-7-14-15(8-10)17(21)18(16(14)20)12-4-3-5-13(9-12)22-11(2)19/h3-6,9,14-15H,7-8H2,1-2H3. The summed E-state index contributed by atoms with van der Waals surface area (Å²) >= 11 is 0. The normalized spacial score (nSPS) is 24.1. The van der Waals surface area contributed by atoms with Crippen molar-refractivity contribution in [3.63, 3.8) is 0 Å². The second-order valence-corrected chi connectivity index (χ2v) is 5.81. The van der Waals surface area contributed by atoms with E-state index in [1.165, 1.54) is 11.8 Å². The minimum atomic E-state index is -0.440. The van der Waals surface area contributed by atoms with Gasteiger partial charge in [0.1, 0.15) is 5.75 Å². The van der Waals surface area contributed by atoms with Gasteiger partial charge in [0.25, 0.3) is 0 Å². The molecule has 2 amide bonds. The van der Waals surface area contributed by atoms with Crippen LogP contribution in [0.1, 0.15) is 26.7 Å². The lowest BCUT2D eigenvalue weighted by Crippen LogP contribution is -2.30. The van der Waals surface area contributed by atoms with Crippen LogP contribution in [0, 0.1) is 11.8 Å². The summed E-state index contributed by atoms with van der Waals surface area (Å²) in [5.74, 6) is -0.982. The summed E-state index contributed by atoms with van der Waals surface area (Å²) in [7, 11) is 0. The van der Waals surface area contributed by atoms with Crippen LogP contribution < -0.4 is 9.64 Å². The van der Waals surface area contributed by atoms with Crippen LogP contribution in [0.3, 0.4) is 0 Å². The molecule has 1 heterocycles. The maximum absolute atomic E-state index is 12.6. The summed E-state index contributed by atoms with van der Waals surface area (Å²) in [6.45, 7) is 3.29. The summed E-state index contributed by atoms with van der Waals surface area (Å²) in [6.07, 6.45) is 3.28. The molecule has 5 nitrogen and oxygen atoms in total. The van der Waals surface area contributed by atoms with Gasteiger partial charge >= 0.3 is 5.97 Å². The molecule has 1 aromatic rings. The summed E-state index contributed by atoms with van der Waals surface area (Å²) < 4.78 is 5.02. The van der Waals surface area contributed by atoms with Crippen LogP contribution in [0.4, 0.5) is 5.69 Å². The lowest BCUT2D eigenvalue weighted by Gasteiger charge is -2.18. The van der Waals surface area contributed by atoms with Gasteiger partial charge in [-0.15, -0.1) is 0 Å². The molecule has 0 aromatic heterocycles. The molecular weight excluding hydrogens is 282 g/mol. The molecule has 1 fully saturated rings. The van der Waals surface area contributed by atoms with Crippen molar-refractivity contribution in [2.45, 2.75) is 26.7 Å². The molecule has 0 radical (unpaired) electrons. The molecule has 114 valence electrons. The number of rotatable bonds is 2. The van der Waals surface area contributed by atoms with Gasteiger partial charge in [0.2, 0.25) is 11.8 Å². The molecular formula is C17H17NO4.